The van der Waals surface area contributed by atoms with Crippen molar-refractivity contribution in [2.75, 3.05) is 0 Å². The zero-order valence-electron chi connectivity index (χ0n) is 9.36. The third-order valence-corrected chi connectivity index (χ3v) is 2.08. The van der Waals surface area contributed by atoms with Crippen LogP contribution in [-0.2, 0) is 4.79 Å². The highest BCUT2D eigenvalue weighted by molar-refractivity contribution is 5.86. The minimum absolute atomic E-state index is 0.724. The summed E-state index contributed by atoms with van der Waals surface area (Å²) in [6, 6.07) is 9.75. The molecule has 0 aliphatic heterocycles. The highest BCUT2D eigenvalue weighted by Gasteiger charge is 2.28. The van der Waals surface area contributed by atoms with E-state index in [1.54, 1.807) is 0 Å². The number of halogens is 3. The van der Waals surface area contributed by atoms with Gasteiger partial charge in [0, 0.05) is 16.8 Å². The van der Waals surface area contributed by atoms with E-state index >= 15 is 0 Å². The molecule has 0 amide bonds. The number of H-pyrrole nitrogens is 1. The van der Waals surface area contributed by atoms with Gasteiger partial charge >= 0.3 is 6.18 Å². The lowest BCUT2D eigenvalue weighted by Crippen LogP contribution is -2.37. The maximum absolute atomic E-state index is 10.5. The number of benzene rings is 1. The van der Waals surface area contributed by atoms with E-state index in [1.807, 2.05) is 36.7 Å². The van der Waals surface area contributed by atoms with Crippen LogP contribution in [-0.4, -0.2) is 12.1 Å². The first kappa shape index (κ1) is 14.4. The van der Waals surface area contributed by atoms with E-state index in [4.69, 9.17) is 15.2 Å². The molecule has 1 aromatic heterocycles. The van der Waals surface area contributed by atoms with Gasteiger partial charge in [-0.1, -0.05) is 6.07 Å². The van der Waals surface area contributed by atoms with Crippen LogP contribution in [0, 0.1) is 11.3 Å². The van der Waals surface area contributed by atoms with Gasteiger partial charge < -0.3 is 9.90 Å². The number of hydrogen-bond donors (Lipinski definition) is 0. The summed E-state index contributed by atoms with van der Waals surface area (Å²) >= 11 is 0. The Morgan fingerprint density at radius 1 is 1.32 bits per heavy atom. The van der Waals surface area contributed by atoms with Crippen LogP contribution < -0.4 is 10.1 Å². The lowest BCUT2D eigenvalue weighted by molar-refractivity contribution is -0.375. The lowest BCUT2D eigenvalue weighted by atomic mass is 10.1. The zero-order valence-corrected chi connectivity index (χ0v) is 9.36. The maximum Gasteiger partial charge on any atom is 0.430 e. The first-order valence-corrected chi connectivity index (χ1v) is 4.93. The minimum atomic E-state index is -5.19. The molecule has 0 aliphatic rings. The number of carboxylic acids is 1. The largest absolute Gasteiger partial charge is 0.542 e. The molecule has 0 bridgehead atoms. The average molecular weight is 268 g/mol. The van der Waals surface area contributed by atoms with Gasteiger partial charge in [-0.15, -0.1) is 0 Å². The van der Waals surface area contributed by atoms with Crippen LogP contribution >= 0.6 is 0 Å². The molecule has 0 fully saturated rings. The molecule has 2 aromatic rings. The molecule has 2 rings (SSSR count). The fraction of sp³-hybridized carbons (Fsp3) is 0.0833. The second kappa shape index (κ2) is 5.82. The van der Waals surface area contributed by atoms with Crippen molar-refractivity contribution in [3.05, 3.63) is 42.2 Å². The van der Waals surface area contributed by atoms with E-state index in [1.165, 1.54) is 0 Å². The molecule has 0 atom stereocenters. The van der Waals surface area contributed by atoms with E-state index in [-0.39, 0.29) is 0 Å². The summed E-state index contributed by atoms with van der Waals surface area (Å²) in [4.78, 5) is 11.8. The van der Waals surface area contributed by atoms with Crippen molar-refractivity contribution in [1.82, 2.24) is 0 Å². The van der Waals surface area contributed by atoms with Crippen LogP contribution in [0.4, 0.5) is 13.2 Å². The zero-order chi connectivity index (χ0) is 14.5. The van der Waals surface area contributed by atoms with Gasteiger partial charge in [-0.25, -0.2) is 4.98 Å². The summed E-state index contributed by atoms with van der Waals surface area (Å²) in [6.45, 7) is 0. The molecule has 0 saturated carbocycles. The summed E-state index contributed by atoms with van der Waals surface area (Å²) in [5.74, 6) is -3.01. The second-order valence-corrected chi connectivity index (χ2v) is 3.35. The fourth-order valence-electron chi connectivity index (χ4n) is 1.26. The number of nitrogens with zero attached hydrogens (tertiary/aromatic N) is 1. The number of nitrogens with one attached hydrogen (secondary N) is 1. The third kappa shape index (κ3) is 3.96. The third-order valence-electron chi connectivity index (χ3n) is 2.08. The average Bonchev–Trinajstić information content (AvgIpc) is 2.37. The van der Waals surface area contributed by atoms with Crippen LogP contribution in [0.15, 0.2) is 36.7 Å². The molecule has 0 unspecified atom stereocenters. The number of aromatic amines is 1. The number of fused-ring (bicyclic) bond motifs is 1. The Morgan fingerprint density at radius 3 is 2.47 bits per heavy atom. The molecule has 0 spiro atoms. The van der Waals surface area contributed by atoms with Crippen molar-refractivity contribution in [2.45, 2.75) is 6.18 Å². The van der Waals surface area contributed by atoms with Gasteiger partial charge in [0.15, 0.2) is 12.4 Å². The Hall–Kier alpha value is -2.62. The first-order chi connectivity index (χ1) is 8.86. The van der Waals surface area contributed by atoms with Crippen molar-refractivity contribution in [3.63, 3.8) is 0 Å². The number of nitriles is 1. The highest BCUT2D eigenvalue weighted by Crippen LogP contribution is 2.14. The number of aromatic nitrogens is 1. The fourth-order valence-corrected chi connectivity index (χ4v) is 1.26. The quantitative estimate of drug-likeness (QED) is 0.709. The normalized spacial score (nSPS) is 10.2. The summed E-state index contributed by atoms with van der Waals surface area (Å²) in [7, 11) is 0. The Balaban J connectivity index is 0.000000224. The van der Waals surface area contributed by atoms with Crippen LogP contribution in [0.25, 0.3) is 10.8 Å². The summed E-state index contributed by atoms with van der Waals surface area (Å²) < 4.78 is 31.5. The predicted octanol–water partition coefficient (Wildman–Crippen LogP) is 0.824. The smallest absolute Gasteiger partial charge is 0.430 e. The highest BCUT2D eigenvalue weighted by atomic mass is 19.4. The number of rotatable bonds is 0. The molecule has 1 N–H and O–H groups in total. The van der Waals surface area contributed by atoms with Crippen molar-refractivity contribution in [1.29, 1.82) is 5.26 Å². The Kier molecular flexibility index (Phi) is 4.42. The van der Waals surface area contributed by atoms with Gasteiger partial charge in [-0.2, -0.15) is 18.4 Å². The number of alkyl halides is 3. The SMILES string of the molecule is N#Cc1cccc2c[nH+]ccc12.O=C([O-])C(F)(F)F. The lowest BCUT2D eigenvalue weighted by Gasteiger charge is -2.03. The molecule has 7 heteroatoms. The van der Waals surface area contributed by atoms with Crippen LogP contribution in [0.5, 0.6) is 0 Å². The molecule has 19 heavy (non-hydrogen) atoms. The molecule has 0 radical (unpaired) electrons. The van der Waals surface area contributed by atoms with Gasteiger partial charge in [-0.3, -0.25) is 0 Å². The molecule has 0 aliphatic carbocycles. The molecule has 1 heterocycles. The van der Waals surface area contributed by atoms with Gasteiger partial charge in [0.25, 0.3) is 0 Å². The van der Waals surface area contributed by atoms with Crippen LogP contribution in [0.3, 0.4) is 0 Å². The number of carboxylic acid groups (broad SMARTS) is 1. The summed E-state index contributed by atoms with van der Waals surface area (Å²) in [5, 5.41) is 19.6. The number of pyridine rings is 1. The number of carbonyl (C=O) groups excluding carboxylic acids is 1. The Bertz CT molecular complexity index is 627. The van der Waals surface area contributed by atoms with Crippen molar-refractivity contribution in [3.8, 4) is 6.07 Å². The molecular weight excluding hydrogens is 261 g/mol. The number of carbonyl (C=O) groups is 1. The maximum atomic E-state index is 10.5. The Morgan fingerprint density at radius 2 is 1.95 bits per heavy atom. The van der Waals surface area contributed by atoms with E-state index in [9.17, 15) is 13.2 Å². The minimum Gasteiger partial charge on any atom is -0.542 e. The number of hydrogen-bond acceptors (Lipinski definition) is 3. The molecule has 0 saturated heterocycles. The topological polar surface area (TPSA) is 78.1 Å². The van der Waals surface area contributed by atoms with Crippen molar-refractivity contribution < 1.29 is 28.1 Å². The van der Waals surface area contributed by atoms with Gasteiger partial charge in [0.1, 0.15) is 5.97 Å². The van der Waals surface area contributed by atoms with Crippen molar-refractivity contribution >= 4 is 16.7 Å². The van der Waals surface area contributed by atoms with E-state index in [0.717, 1.165) is 16.3 Å². The van der Waals surface area contributed by atoms with Crippen LogP contribution in [0.2, 0.25) is 0 Å². The summed E-state index contributed by atoms with van der Waals surface area (Å²) in [6.07, 6.45) is -1.49. The molecule has 4 nitrogen and oxygen atoms in total. The standard InChI is InChI=1S/C10H6N2.C2HF3O2/c11-6-8-2-1-3-9-7-12-5-4-10(8)9;3-2(4,5)1(6)7/h1-5,7H;(H,6,7). The molecular formula is C12H7F3N2O2. The van der Waals surface area contributed by atoms with Crippen LogP contribution in [0.1, 0.15) is 5.56 Å². The molecule has 98 valence electrons. The van der Waals surface area contributed by atoms with E-state index < -0.39 is 12.1 Å². The van der Waals surface area contributed by atoms with Gasteiger partial charge in [0.2, 0.25) is 0 Å². The van der Waals surface area contributed by atoms with Gasteiger partial charge in [-0.05, 0) is 12.1 Å². The predicted molar refractivity (Wildman–Crippen MR) is 56.3 cm³/mol. The monoisotopic (exact) mass is 268 g/mol. The molecule has 1 aromatic carbocycles. The van der Waals surface area contributed by atoms with E-state index in [2.05, 4.69) is 11.1 Å². The summed E-state index contributed by atoms with van der Waals surface area (Å²) in [5.41, 5.74) is 0.724. The van der Waals surface area contributed by atoms with Gasteiger partial charge in [0.05, 0.1) is 11.6 Å². The second-order valence-electron chi connectivity index (χ2n) is 3.35. The Labute approximate surface area is 105 Å². The number of aliphatic carboxylic acids is 1. The first-order valence-electron chi connectivity index (χ1n) is 4.93. The van der Waals surface area contributed by atoms with Crippen molar-refractivity contribution in [2.24, 2.45) is 0 Å². The van der Waals surface area contributed by atoms with E-state index in [0.29, 0.717) is 0 Å².